The van der Waals surface area contributed by atoms with E-state index in [-0.39, 0.29) is 17.5 Å². The topological polar surface area (TPSA) is 75.2 Å². The summed E-state index contributed by atoms with van der Waals surface area (Å²) in [6, 6.07) is 26.9. The zero-order chi connectivity index (χ0) is 22.9. The molecular weight excluding hydrogens is 412 g/mol. The molecule has 0 aliphatic heterocycles. The molecule has 1 N–H and O–H groups in total. The molecule has 6 heteroatoms. The third-order valence-corrected chi connectivity index (χ3v) is 5.22. The fourth-order valence-corrected chi connectivity index (χ4v) is 3.62. The molecule has 164 valence electrons. The Hall–Kier alpha value is -4.32. The van der Waals surface area contributed by atoms with Crippen molar-refractivity contribution in [3.05, 3.63) is 126 Å². The fourth-order valence-electron chi connectivity index (χ4n) is 3.62. The molecule has 2 aromatic carbocycles. The van der Waals surface area contributed by atoms with E-state index in [2.05, 4.69) is 15.3 Å². The highest BCUT2D eigenvalue weighted by Crippen LogP contribution is 2.29. The number of hydrogen-bond donors (Lipinski definition) is 1. The Balaban J connectivity index is 1.68. The van der Waals surface area contributed by atoms with Gasteiger partial charge in [-0.25, -0.2) is 0 Å². The van der Waals surface area contributed by atoms with Crippen molar-refractivity contribution in [1.29, 1.82) is 0 Å². The lowest BCUT2D eigenvalue weighted by Crippen LogP contribution is -2.44. The third kappa shape index (κ3) is 5.49. The molecule has 4 aromatic rings. The molecule has 0 aliphatic rings. The van der Waals surface area contributed by atoms with E-state index in [1.165, 1.54) is 4.90 Å². The predicted molar refractivity (Wildman–Crippen MR) is 128 cm³/mol. The molecule has 0 spiro atoms. The molecule has 6 nitrogen and oxygen atoms in total. The van der Waals surface area contributed by atoms with Gasteiger partial charge < -0.3 is 5.32 Å². The summed E-state index contributed by atoms with van der Waals surface area (Å²) in [5, 5.41) is 3.01. The number of para-hydroxylation sites is 1. The van der Waals surface area contributed by atoms with Gasteiger partial charge in [0, 0.05) is 30.8 Å². The van der Waals surface area contributed by atoms with Crippen LogP contribution < -0.4 is 10.2 Å². The Labute approximate surface area is 192 Å². The largest absolute Gasteiger partial charge is 0.354 e. The lowest BCUT2D eigenvalue weighted by atomic mass is 10.0. The minimum atomic E-state index is -0.888. The van der Waals surface area contributed by atoms with Gasteiger partial charge in [-0.2, -0.15) is 0 Å². The Morgan fingerprint density at radius 1 is 0.788 bits per heavy atom. The number of carbonyl (C=O) groups excluding carboxylic acids is 2. The van der Waals surface area contributed by atoms with Crippen molar-refractivity contribution in [2.24, 2.45) is 0 Å². The average molecular weight is 437 g/mol. The summed E-state index contributed by atoms with van der Waals surface area (Å²) in [7, 11) is 0. The van der Waals surface area contributed by atoms with Crippen molar-refractivity contribution in [3.8, 4) is 0 Å². The van der Waals surface area contributed by atoms with E-state index in [1.54, 1.807) is 48.9 Å². The Kier molecular flexibility index (Phi) is 7.18. The van der Waals surface area contributed by atoms with Gasteiger partial charge >= 0.3 is 0 Å². The molecular formula is C27H24N4O2. The lowest BCUT2D eigenvalue weighted by molar-refractivity contribution is -0.122. The fraction of sp³-hybridized carbons (Fsp3) is 0.111. The van der Waals surface area contributed by atoms with Gasteiger partial charge in [-0.1, -0.05) is 54.6 Å². The first-order chi connectivity index (χ1) is 16.2. The van der Waals surface area contributed by atoms with Crippen LogP contribution in [0.25, 0.3) is 0 Å². The van der Waals surface area contributed by atoms with Crippen LogP contribution in [-0.4, -0.2) is 28.3 Å². The number of nitrogens with one attached hydrogen (secondary N) is 1. The monoisotopic (exact) mass is 436 g/mol. The molecule has 2 aromatic heterocycles. The summed E-state index contributed by atoms with van der Waals surface area (Å²) in [5.74, 6) is -0.632. The van der Waals surface area contributed by atoms with Gasteiger partial charge in [-0.05, 0) is 53.9 Å². The van der Waals surface area contributed by atoms with Crippen molar-refractivity contribution >= 4 is 17.5 Å². The number of pyridine rings is 2. The van der Waals surface area contributed by atoms with Crippen LogP contribution in [0.3, 0.4) is 0 Å². The number of hydrogen-bond acceptors (Lipinski definition) is 4. The highest BCUT2D eigenvalue weighted by molar-refractivity contribution is 6.09. The summed E-state index contributed by atoms with van der Waals surface area (Å²) in [6.07, 6.45) is 5.49. The Bertz CT molecular complexity index is 1170. The molecule has 2 heterocycles. The molecule has 0 bridgehead atoms. The molecule has 0 saturated carbocycles. The normalized spacial score (nSPS) is 11.4. The molecule has 1 atom stereocenters. The second kappa shape index (κ2) is 10.8. The van der Waals surface area contributed by atoms with Crippen LogP contribution in [0.5, 0.6) is 0 Å². The quantitative estimate of drug-likeness (QED) is 0.449. The van der Waals surface area contributed by atoms with Crippen LogP contribution in [0.2, 0.25) is 0 Å². The summed E-state index contributed by atoms with van der Waals surface area (Å²) in [4.78, 5) is 37.0. The third-order valence-electron chi connectivity index (χ3n) is 5.22. The second-order valence-electron chi connectivity index (χ2n) is 7.44. The van der Waals surface area contributed by atoms with E-state index in [0.717, 1.165) is 5.56 Å². The zero-order valence-corrected chi connectivity index (χ0v) is 18.0. The van der Waals surface area contributed by atoms with Crippen molar-refractivity contribution in [1.82, 2.24) is 15.3 Å². The van der Waals surface area contributed by atoms with Gasteiger partial charge in [-0.3, -0.25) is 24.5 Å². The first-order valence-corrected chi connectivity index (χ1v) is 10.8. The molecule has 0 fully saturated rings. The number of rotatable bonds is 8. The zero-order valence-electron chi connectivity index (χ0n) is 18.0. The van der Waals surface area contributed by atoms with Crippen LogP contribution >= 0.6 is 0 Å². The average Bonchev–Trinajstić information content (AvgIpc) is 2.89. The molecule has 0 saturated heterocycles. The smallest absolute Gasteiger partial charge is 0.277 e. The van der Waals surface area contributed by atoms with Crippen molar-refractivity contribution in [2.45, 2.75) is 12.5 Å². The maximum Gasteiger partial charge on any atom is 0.277 e. The maximum atomic E-state index is 13.6. The number of carbonyl (C=O) groups is 2. The van der Waals surface area contributed by atoms with E-state index in [1.807, 2.05) is 60.7 Å². The molecule has 33 heavy (non-hydrogen) atoms. The molecule has 4 rings (SSSR count). The molecule has 2 amide bonds. The minimum absolute atomic E-state index is 0.262. The van der Waals surface area contributed by atoms with Crippen LogP contribution in [0, 0.1) is 0 Å². The van der Waals surface area contributed by atoms with Crippen molar-refractivity contribution in [3.63, 3.8) is 0 Å². The van der Waals surface area contributed by atoms with Crippen LogP contribution in [0.15, 0.2) is 110 Å². The minimum Gasteiger partial charge on any atom is -0.354 e. The van der Waals surface area contributed by atoms with Crippen LogP contribution in [0.4, 0.5) is 5.69 Å². The first kappa shape index (κ1) is 21.9. The second-order valence-corrected chi connectivity index (χ2v) is 7.44. The van der Waals surface area contributed by atoms with E-state index < -0.39 is 6.04 Å². The number of aromatic nitrogens is 2. The SMILES string of the molecule is O=C(NCCc1ccccc1)[C@H](c1ccncc1)N(C(=O)c1ccccn1)c1ccccc1. The van der Waals surface area contributed by atoms with E-state index in [9.17, 15) is 9.59 Å². The van der Waals surface area contributed by atoms with E-state index >= 15 is 0 Å². The highest BCUT2D eigenvalue weighted by atomic mass is 16.2. The van der Waals surface area contributed by atoms with Crippen LogP contribution in [0.1, 0.15) is 27.7 Å². The Morgan fingerprint density at radius 3 is 2.12 bits per heavy atom. The van der Waals surface area contributed by atoms with E-state index in [4.69, 9.17) is 0 Å². The van der Waals surface area contributed by atoms with E-state index in [0.29, 0.717) is 24.2 Å². The van der Waals surface area contributed by atoms with Crippen molar-refractivity contribution < 1.29 is 9.59 Å². The van der Waals surface area contributed by atoms with Gasteiger partial charge in [0.25, 0.3) is 5.91 Å². The van der Waals surface area contributed by atoms with Gasteiger partial charge in [-0.15, -0.1) is 0 Å². The predicted octanol–water partition coefficient (Wildman–Crippen LogP) is 4.22. The summed E-state index contributed by atoms with van der Waals surface area (Å²) >= 11 is 0. The molecule has 0 unspecified atom stereocenters. The summed E-state index contributed by atoms with van der Waals surface area (Å²) < 4.78 is 0. The Morgan fingerprint density at radius 2 is 1.45 bits per heavy atom. The van der Waals surface area contributed by atoms with Gasteiger partial charge in [0.1, 0.15) is 11.7 Å². The number of anilines is 1. The molecule has 0 aliphatic carbocycles. The van der Waals surface area contributed by atoms with Gasteiger partial charge in [0.2, 0.25) is 5.91 Å². The maximum absolute atomic E-state index is 13.6. The first-order valence-electron chi connectivity index (χ1n) is 10.8. The van der Waals surface area contributed by atoms with Gasteiger partial charge in [0.15, 0.2) is 0 Å². The van der Waals surface area contributed by atoms with Gasteiger partial charge in [0.05, 0.1) is 0 Å². The lowest BCUT2D eigenvalue weighted by Gasteiger charge is -2.31. The standard InChI is InChI=1S/C27H24N4O2/c32-26(30-20-14-21-9-3-1-4-10-21)25(22-15-18-28-19-16-22)31(23-11-5-2-6-12-23)27(33)24-13-7-8-17-29-24/h1-13,15-19,25H,14,20H2,(H,30,32)/t25-/m0/s1. The highest BCUT2D eigenvalue weighted by Gasteiger charge is 2.33. The number of nitrogens with zero attached hydrogens (tertiary/aromatic N) is 3. The number of amides is 2. The summed E-state index contributed by atoms with van der Waals surface area (Å²) in [6.45, 7) is 0.449. The van der Waals surface area contributed by atoms with Crippen LogP contribution in [-0.2, 0) is 11.2 Å². The number of benzene rings is 2. The van der Waals surface area contributed by atoms with Crippen molar-refractivity contribution in [2.75, 3.05) is 11.4 Å². The molecule has 0 radical (unpaired) electrons. The summed E-state index contributed by atoms with van der Waals surface area (Å²) in [5.41, 5.74) is 2.66.